The van der Waals surface area contributed by atoms with Crippen LogP contribution in [0.4, 0.5) is 0 Å². The topological polar surface area (TPSA) is 40.5 Å². The molecule has 4 heteroatoms. The summed E-state index contributed by atoms with van der Waals surface area (Å²) in [6, 6.07) is 1.86. The van der Waals surface area contributed by atoms with Gasteiger partial charge in [0.25, 0.3) is 5.91 Å². The van der Waals surface area contributed by atoms with Crippen LogP contribution in [0.15, 0.2) is 6.07 Å². The molecule has 0 fully saturated rings. The Bertz CT molecular complexity index is 454. The van der Waals surface area contributed by atoms with Crippen LogP contribution in [0.5, 0.6) is 0 Å². The Kier molecular flexibility index (Phi) is 5.20. The molecule has 0 unspecified atom stereocenters. The van der Waals surface area contributed by atoms with Crippen LogP contribution in [0.1, 0.15) is 33.5 Å². The van der Waals surface area contributed by atoms with Gasteiger partial charge < -0.3 is 10.0 Å². The van der Waals surface area contributed by atoms with Crippen molar-refractivity contribution in [2.24, 2.45) is 0 Å². The monoisotopic (exact) mass is 251 g/mol. The fourth-order valence-corrected chi connectivity index (χ4v) is 2.50. The van der Waals surface area contributed by atoms with Gasteiger partial charge in [-0.05, 0) is 25.0 Å². The van der Waals surface area contributed by atoms with Crippen LogP contribution in [-0.4, -0.2) is 36.1 Å². The Hall–Kier alpha value is -1.31. The van der Waals surface area contributed by atoms with Gasteiger partial charge in [-0.3, -0.25) is 4.79 Å². The molecule has 0 radical (unpaired) electrons. The Balaban J connectivity index is 2.89. The van der Waals surface area contributed by atoms with Gasteiger partial charge in [0.15, 0.2) is 0 Å². The van der Waals surface area contributed by atoms with Gasteiger partial charge in [-0.15, -0.1) is 11.3 Å². The molecule has 17 heavy (non-hydrogen) atoms. The third-order valence-corrected chi connectivity index (χ3v) is 3.46. The minimum absolute atomic E-state index is 0.0389. The molecule has 1 amide bonds. The average molecular weight is 251 g/mol. The Morgan fingerprint density at radius 1 is 1.59 bits per heavy atom. The lowest BCUT2D eigenvalue weighted by molar-refractivity contribution is 0.0800. The molecular formula is C13H17NO2S. The van der Waals surface area contributed by atoms with E-state index < -0.39 is 0 Å². The number of hydrogen-bond donors (Lipinski definition) is 1. The van der Waals surface area contributed by atoms with Crippen LogP contribution in [0, 0.1) is 18.8 Å². The van der Waals surface area contributed by atoms with Crippen molar-refractivity contribution >= 4 is 17.2 Å². The van der Waals surface area contributed by atoms with E-state index in [0.29, 0.717) is 4.88 Å². The van der Waals surface area contributed by atoms with Crippen molar-refractivity contribution in [1.82, 2.24) is 4.90 Å². The highest BCUT2D eigenvalue weighted by Crippen LogP contribution is 2.22. The summed E-state index contributed by atoms with van der Waals surface area (Å²) in [6.07, 6.45) is 0.948. The number of amides is 1. The molecule has 1 N–H and O–H groups in total. The van der Waals surface area contributed by atoms with E-state index in [9.17, 15) is 4.79 Å². The number of aliphatic hydroxyl groups is 1. The number of aliphatic hydroxyl groups excluding tert-OH is 1. The first-order valence-corrected chi connectivity index (χ1v) is 6.37. The van der Waals surface area contributed by atoms with Crippen LogP contribution >= 0.6 is 11.3 Å². The molecule has 0 aliphatic heterocycles. The Morgan fingerprint density at radius 2 is 2.29 bits per heavy atom. The summed E-state index contributed by atoms with van der Waals surface area (Å²) in [5, 5.41) is 8.65. The van der Waals surface area contributed by atoms with Gasteiger partial charge in [-0.25, -0.2) is 0 Å². The molecule has 1 heterocycles. The minimum Gasteiger partial charge on any atom is -0.384 e. The first-order chi connectivity index (χ1) is 8.10. The van der Waals surface area contributed by atoms with E-state index in [1.165, 1.54) is 11.3 Å². The van der Waals surface area contributed by atoms with Gasteiger partial charge in [-0.2, -0.15) is 0 Å². The van der Waals surface area contributed by atoms with Crippen molar-refractivity contribution in [1.29, 1.82) is 0 Å². The number of rotatable bonds is 3. The summed E-state index contributed by atoms with van der Waals surface area (Å²) >= 11 is 1.39. The van der Waals surface area contributed by atoms with Crippen LogP contribution in [0.25, 0.3) is 0 Å². The van der Waals surface area contributed by atoms with Gasteiger partial charge in [0.1, 0.15) is 6.61 Å². The van der Waals surface area contributed by atoms with Crippen molar-refractivity contribution in [3.8, 4) is 11.8 Å². The van der Waals surface area contributed by atoms with Crippen LogP contribution in [0.2, 0.25) is 0 Å². The number of thiophene rings is 1. The van der Waals surface area contributed by atoms with E-state index in [2.05, 4.69) is 11.8 Å². The fraction of sp³-hybridized carbons (Fsp3) is 0.462. The molecule has 0 atom stereocenters. The van der Waals surface area contributed by atoms with Crippen molar-refractivity contribution in [3.05, 3.63) is 21.4 Å². The summed E-state index contributed by atoms with van der Waals surface area (Å²) in [6.45, 7) is 4.57. The SMILES string of the molecule is CCCN(C)C(=O)c1cc(C)c(C#CCO)s1. The second-order valence-electron chi connectivity index (χ2n) is 3.81. The summed E-state index contributed by atoms with van der Waals surface area (Å²) in [7, 11) is 1.81. The third kappa shape index (κ3) is 3.58. The molecule has 0 spiro atoms. The highest BCUT2D eigenvalue weighted by molar-refractivity contribution is 7.14. The molecule has 3 nitrogen and oxygen atoms in total. The van der Waals surface area contributed by atoms with Crippen LogP contribution in [0.3, 0.4) is 0 Å². The Labute approximate surface area is 106 Å². The molecule has 92 valence electrons. The van der Waals surface area contributed by atoms with E-state index in [1.807, 2.05) is 19.9 Å². The molecule has 1 aromatic heterocycles. The highest BCUT2D eigenvalue weighted by atomic mass is 32.1. The zero-order valence-corrected chi connectivity index (χ0v) is 11.2. The summed E-state index contributed by atoms with van der Waals surface area (Å²) < 4.78 is 0. The first-order valence-electron chi connectivity index (χ1n) is 5.55. The van der Waals surface area contributed by atoms with Crippen molar-refractivity contribution < 1.29 is 9.90 Å². The van der Waals surface area contributed by atoms with Gasteiger partial charge in [-0.1, -0.05) is 18.8 Å². The van der Waals surface area contributed by atoms with E-state index in [-0.39, 0.29) is 12.5 Å². The maximum absolute atomic E-state index is 12.0. The molecule has 0 saturated carbocycles. The van der Waals surface area contributed by atoms with Gasteiger partial charge in [0.2, 0.25) is 0 Å². The number of hydrogen-bond acceptors (Lipinski definition) is 3. The lowest BCUT2D eigenvalue weighted by Crippen LogP contribution is -2.26. The van der Waals surface area contributed by atoms with Crippen molar-refractivity contribution in [3.63, 3.8) is 0 Å². The maximum atomic E-state index is 12.0. The van der Waals surface area contributed by atoms with Gasteiger partial charge in [0, 0.05) is 13.6 Å². The van der Waals surface area contributed by atoms with E-state index >= 15 is 0 Å². The maximum Gasteiger partial charge on any atom is 0.263 e. The molecule has 0 aliphatic rings. The second-order valence-corrected chi connectivity index (χ2v) is 4.86. The summed E-state index contributed by atoms with van der Waals surface area (Å²) in [5.74, 6) is 5.50. The predicted octanol–water partition coefficient (Wildman–Crippen LogP) is 1.88. The van der Waals surface area contributed by atoms with Gasteiger partial charge in [0.05, 0.1) is 9.75 Å². The van der Waals surface area contributed by atoms with Crippen molar-refractivity contribution in [2.75, 3.05) is 20.2 Å². The van der Waals surface area contributed by atoms with E-state index in [0.717, 1.165) is 23.4 Å². The second kappa shape index (κ2) is 6.43. The first kappa shape index (κ1) is 13.8. The smallest absolute Gasteiger partial charge is 0.263 e. The number of carbonyl (C=O) groups excluding carboxylic acids is 1. The molecule has 0 saturated heterocycles. The highest BCUT2D eigenvalue weighted by Gasteiger charge is 2.14. The third-order valence-electron chi connectivity index (χ3n) is 2.32. The van der Waals surface area contributed by atoms with Crippen LogP contribution < -0.4 is 0 Å². The molecule has 0 aromatic carbocycles. The summed E-state index contributed by atoms with van der Waals surface area (Å²) in [4.78, 5) is 15.3. The number of nitrogens with zero attached hydrogens (tertiary/aromatic N) is 1. The molecule has 1 rings (SSSR count). The lowest BCUT2D eigenvalue weighted by Gasteiger charge is -2.14. The Morgan fingerprint density at radius 3 is 2.88 bits per heavy atom. The molecule has 0 bridgehead atoms. The molecule has 0 aliphatic carbocycles. The van der Waals surface area contributed by atoms with Gasteiger partial charge >= 0.3 is 0 Å². The van der Waals surface area contributed by atoms with E-state index in [1.54, 1.807) is 11.9 Å². The predicted molar refractivity (Wildman–Crippen MR) is 70.3 cm³/mol. The molecule has 1 aromatic rings. The minimum atomic E-state index is -0.156. The van der Waals surface area contributed by atoms with Crippen LogP contribution in [-0.2, 0) is 0 Å². The number of aryl methyl sites for hydroxylation is 1. The van der Waals surface area contributed by atoms with Crippen molar-refractivity contribution in [2.45, 2.75) is 20.3 Å². The summed E-state index contributed by atoms with van der Waals surface area (Å²) in [5.41, 5.74) is 0.990. The quantitative estimate of drug-likeness (QED) is 0.833. The normalized spacial score (nSPS) is 9.65. The number of carbonyl (C=O) groups is 1. The fourth-order valence-electron chi connectivity index (χ4n) is 1.46. The zero-order valence-electron chi connectivity index (χ0n) is 10.4. The largest absolute Gasteiger partial charge is 0.384 e. The lowest BCUT2D eigenvalue weighted by atomic mass is 10.2. The standard InChI is InChI=1S/C13H17NO2S/c1-4-7-14(3)13(16)12-9-10(2)11(17-12)6-5-8-15/h9,15H,4,7-8H2,1-3H3. The molecular weight excluding hydrogens is 234 g/mol. The average Bonchev–Trinajstić information content (AvgIpc) is 2.67. The van der Waals surface area contributed by atoms with E-state index in [4.69, 9.17) is 5.11 Å². The zero-order chi connectivity index (χ0) is 12.8.